The van der Waals surface area contributed by atoms with Crippen molar-refractivity contribution < 1.29 is 5.11 Å². The third-order valence-electron chi connectivity index (χ3n) is 2.41. The molecule has 0 saturated carbocycles. The van der Waals surface area contributed by atoms with Gasteiger partial charge in [-0.25, -0.2) is 0 Å². The van der Waals surface area contributed by atoms with Crippen molar-refractivity contribution in [2.24, 2.45) is 5.92 Å². The SMILES string of the molecule is Oc1cccc(SCC2CC=CC2)c1. The van der Waals surface area contributed by atoms with Crippen LogP contribution in [0.5, 0.6) is 5.75 Å². The quantitative estimate of drug-likeness (QED) is 0.604. The number of hydrogen-bond acceptors (Lipinski definition) is 2. The van der Waals surface area contributed by atoms with Gasteiger partial charge in [-0.05, 0) is 37.0 Å². The molecule has 1 nitrogen and oxygen atoms in total. The Morgan fingerprint density at radius 2 is 2.07 bits per heavy atom. The van der Waals surface area contributed by atoms with Crippen molar-refractivity contribution in [3.8, 4) is 5.75 Å². The summed E-state index contributed by atoms with van der Waals surface area (Å²) in [4.78, 5) is 1.16. The second kappa shape index (κ2) is 4.56. The summed E-state index contributed by atoms with van der Waals surface area (Å²) in [6.07, 6.45) is 6.94. The molecule has 1 aromatic carbocycles. The predicted molar refractivity (Wildman–Crippen MR) is 60.7 cm³/mol. The minimum atomic E-state index is 0.361. The van der Waals surface area contributed by atoms with E-state index in [-0.39, 0.29) is 0 Å². The van der Waals surface area contributed by atoms with Crippen molar-refractivity contribution in [1.82, 2.24) is 0 Å². The highest BCUT2D eigenvalue weighted by Crippen LogP contribution is 2.28. The van der Waals surface area contributed by atoms with Crippen molar-refractivity contribution in [2.75, 3.05) is 5.75 Å². The van der Waals surface area contributed by atoms with Gasteiger partial charge in [0.05, 0.1) is 0 Å². The Balaban J connectivity index is 1.85. The Kier molecular flexibility index (Phi) is 3.14. The van der Waals surface area contributed by atoms with E-state index in [1.165, 1.54) is 12.8 Å². The van der Waals surface area contributed by atoms with Crippen LogP contribution in [0.3, 0.4) is 0 Å². The van der Waals surface area contributed by atoms with Crippen LogP contribution in [0.25, 0.3) is 0 Å². The van der Waals surface area contributed by atoms with Gasteiger partial charge in [0.15, 0.2) is 0 Å². The van der Waals surface area contributed by atoms with Crippen LogP contribution in [0.4, 0.5) is 0 Å². The van der Waals surface area contributed by atoms with Gasteiger partial charge in [-0.15, -0.1) is 11.8 Å². The molecule has 0 atom stereocenters. The normalized spacial score (nSPS) is 16.3. The monoisotopic (exact) mass is 206 g/mol. The van der Waals surface area contributed by atoms with Gasteiger partial charge in [0, 0.05) is 10.6 Å². The maximum atomic E-state index is 9.28. The Labute approximate surface area is 88.8 Å². The standard InChI is InChI=1S/C12H14OS/c13-11-6-3-7-12(8-11)14-9-10-4-1-2-5-10/h1-3,6-8,10,13H,4-5,9H2. The van der Waals surface area contributed by atoms with Gasteiger partial charge in [-0.1, -0.05) is 18.2 Å². The third kappa shape index (κ3) is 2.55. The Bertz CT molecular complexity index is 325. The van der Waals surface area contributed by atoms with Crippen molar-refractivity contribution in [3.63, 3.8) is 0 Å². The first-order chi connectivity index (χ1) is 6.84. The largest absolute Gasteiger partial charge is 0.508 e. The number of hydrogen-bond donors (Lipinski definition) is 1. The number of allylic oxidation sites excluding steroid dienone is 2. The summed E-state index contributed by atoms with van der Waals surface area (Å²) in [7, 11) is 0. The topological polar surface area (TPSA) is 20.2 Å². The molecule has 0 radical (unpaired) electrons. The molecule has 1 N–H and O–H groups in total. The van der Waals surface area contributed by atoms with Gasteiger partial charge >= 0.3 is 0 Å². The summed E-state index contributed by atoms with van der Waals surface area (Å²) in [5.74, 6) is 2.30. The van der Waals surface area contributed by atoms with Crippen LogP contribution < -0.4 is 0 Å². The number of aromatic hydroxyl groups is 1. The first-order valence-electron chi connectivity index (χ1n) is 4.91. The lowest BCUT2D eigenvalue weighted by Gasteiger charge is -2.08. The highest BCUT2D eigenvalue weighted by molar-refractivity contribution is 7.99. The summed E-state index contributed by atoms with van der Waals surface area (Å²) in [5, 5.41) is 9.28. The molecule has 0 bridgehead atoms. The summed E-state index contributed by atoms with van der Waals surface area (Å²) in [6.45, 7) is 0. The van der Waals surface area contributed by atoms with E-state index in [1.54, 1.807) is 6.07 Å². The second-order valence-electron chi connectivity index (χ2n) is 3.62. The lowest BCUT2D eigenvalue weighted by Crippen LogP contribution is -1.96. The zero-order chi connectivity index (χ0) is 9.80. The number of thioether (sulfide) groups is 1. The minimum Gasteiger partial charge on any atom is -0.508 e. The highest BCUT2D eigenvalue weighted by atomic mass is 32.2. The lowest BCUT2D eigenvalue weighted by atomic mass is 10.1. The van der Waals surface area contributed by atoms with Gasteiger partial charge < -0.3 is 5.11 Å². The summed E-state index contributed by atoms with van der Waals surface area (Å²) in [6, 6.07) is 7.48. The first kappa shape index (κ1) is 9.66. The molecule has 0 amide bonds. The zero-order valence-electron chi connectivity index (χ0n) is 8.02. The summed E-state index contributed by atoms with van der Waals surface area (Å²) in [5.41, 5.74) is 0. The molecule has 0 aromatic heterocycles. The molecule has 0 aliphatic heterocycles. The molecular formula is C12H14OS. The van der Waals surface area contributed by atoms with E-state index in [4.69, 9.17) is 0 Å². The third-order valence-corrected chi connectivity index (χ3v) is 3.63. The van der Waals surface area contributed by atoms with Crippen LogP contribution in [0, 0.1) is 5.92 Å². The first-order valence-corrected chi connectivity index (χ1v) is 5.90. The van der Waals surface area contributed by atoms with Crippen molar-refractivity contribution >= 4 is 11.8 Å². The van der Waals surface area contributed by atoms with Crippen LogP contribution in [0.2, 0.25) is 0 Å². The molecule has 0 spiro atoms. The van der Waals surface area contributed by atoms with Gasteiger partial charge in [0.1, 0.15) is 5.75 Å². The molecule has 74 valence electrons. The van der Waals surface area contributed by atoms with Crippen molar-refractivity contribution in [3.05, 3.63) is 36.4 Å². The fourth-order valence-electron chi connectivity index (χ4n) is 1.60. The molecule has 0 fully saturated rings. The fourth-order valence-corrected chi connectivity index (χ4v) is 2.68. The second-order valence-corrected chi connectivity index (χ2v) is 4.71. The van der Waals surface area contributed by atoms with Crippen LogP contribution in [-0.4, -0.2) is 10.9 Å². The van der Waals surface area contributed by atoms with Crippen LogP contribution in [-0.2, 0) is 0 Å². The predicted octanol–water partition coefficient (Wildman–Crippen LogP) is 3.45. The van der Waals surface area contributed by atoms with Crippen LogP contribution >= 0.6 is 11.8 Å². The lowest BCUT2D eigenvalue weighted by molar-refractivity contribution is 0.474. The molecule has 2 rings (SSSR count). The van der Waals surface area contributed by atoms with E-state index in [9.17, 15) is 5.11 Å². The molecule has 1 aliphatic carbocycles. The van der Waals surface area contributed by atoms with E-state index in [1.807, 2.05) is 30.0 Å². The Morgan fingerprint density at radius 1 is 1.29 bits per heavy atom. The molecular weight excluding hydrogens is 192 g/mol. The minimum absolute atomic E-state index is 0.361. The fraction of sp³-hybridized carbons (Fsp3) is 0.333. The van der Waals surface area contributed by atoms with E-state index >= 15 is 0 Å². The van der Waals surface area contributed by atoms with E-state index < -0.39 is 0 Å². The number of phenols is 1. The molecule has 0 saturated heterocycles. The maximum Gasteiger partial charge on any atom is 0.116 e. The van der Waals surface area contributed by atoms with E-state index in [2.05, 4.69) is 12.2 Å². The molecule has 0 heterocycles. The van der Waals surface area contributed by atoms with E-state index in [0.29, 0.717) is 5.75 Å². The van der Waals surface area contributed by atoms with Gasteiger partial charge in [0.25, 0.3) is 0 Å². The molecule has 14 heavy (non-hydrogen) atoms. The average molecular weight is 206 g/mol. The Hall–Kier alpha value is -0.890. The maximum absolute atomic E-state index is 9.28. The Morgan fingerprint density at radius 3 is 2.79 bits per heavy atom. The average Bonchev–Trinajstić information content (AvgIpc) is 2.67. The van der Waals surface area contributed by atoms with Crippen molar-refractivity contribution in [2.45, 2.75) is 17.7 Å². The van der Waals surface area contributed by atoms with Gasteiger partial charge in [0.2, 0.25) is 0 Å². The van der Waals surface area contributed by atoms with Gasteiger partial charge in [-0.3, -0.25) is 0 Å². The summed E-state index contributed by atoms with van der Waals surface area (Å²) >= 11 is 1.83. The molecule has 1 aromatic rings. The number of phenolic OH excluding ortho intramolecular Hbond substituents is 1. The van der Waals surface area contributed by atoms with Crippen LogP contribution in [0.15, 0.2) is 41.3 Å². The zero-order valence-corrected chi connectivity index (χ0v) is 8.83. The van der Waals surface area contributed by atoms with Gasteiger partial charge in [-0.2, -0.15) is 0 Å². The molecule has 0 unspecified atom stereocenters. The molecule has 1 aliphatic rings. The highest BCUT2D eigenvalue weighted by Gasteiger charge is 2.10. The number of benzene rings is 1. The summed E-state index contributed by atoms with van der Waals surface area (Å²) < 4.78 is 0. The van der Waals surface area contributed by atoms with Crippen LogP contribution in [0.1, 0.15) is 12.8 Å². The van der Waals surface area contributed by atoms with Crippen molar-refractivity contribution in [1.29, 1.82) is 0 Å². The molecule has 2 heteroatoms. The smallest absolute Gasteiger partial charge is 0.116 e. The van der Waals surface area contributed by atoms with E-state index in [0.717, 1.165) is 16.6 Å². The number of rotatable bonds is 3.